The van der Waals surface area contributed by atoms with E-state index in [1.54, 1.807) is 5.96 Å². The van der Waals surface area contributed by atoms with E-state index in [1.807, 2.05) is 0 Å². The Morgan fingerprint density at radius 3 is 1.15 bits per heavy atom. The van der Waals surface area contributed by atoms with Crippen LogP contribution in [0.2, 0.25) is 0 Å². The molecule has 0 spiro atoms. The molecule has 0 aliphatic carbocycles. The SMILES string of the molecule is CCCCN(CCCC)C(N(CCCC)CCCC)=[N+](CCC)CCCC. The van der Waals surface area contributed by atoms with Crippen LogP contribution in [0.3, 0.4) is 0 Å². The summed E-state index contributed by atoms with van der Waals surface area (Å²) in [6.45, 7) is 21.2. The second kappa shape index (κ2) is 18.6. The lowest BCUT2D eigenvalue weighted by molar-refractivity contribution is -0.538. The lowest BCUT2D eigenvalue weighted by atomic mass is 10.2. The van der Waals surface area contributed by atoms with Crippen LogP contribution in [0.1, 0.15) is 112 Å². The van der Waals surface area contributed by atoms with Crippen LogP contribution in [0.5, 0.6) is 0 Å². The summed E-state index contributed by atoms with van der Waals surface area (Å²) in [7, 11) is 0. The van der Waals surface area contributed by atoms with Crippen LogP contribution >= 0.6 is 0 Å². The molecule has 3 nitrogen and oxygen atoms in total. The Labute approximate surface area is 172 Å². The largest absolute Gasteiger partial charge is 0.350 e. The first-order valence-electron chi connectivity index (χ1n) is 12.3. The van der Waals surface area contributed by atoms with Crippen molar-refractivity contribution in [3.63, 3.8) is 0 Å². The molecule has 0 heterocycles. The normalized spacial score (nSPS) is 10.9. The van der Waals surface area contributed by atoms with Gasteiger partial charge in [-0.15, -0.1) is 0 Å². The molecule has 0 aromatic carbocycles. The van der Waals surface area contributed by atoms with Gasteiger partial charge in [0.15, 0.2) is 0 Å². The number of hydrogen-bond acceptors (Lipinski definition) is 0. The zero-order chi connectivity index (χ0) is 20.3. The van der Waals surface area contributed by atoms with Crippen LogP contribution in [0, 0.1) is 0 Å². The maximum Gasteiger partial charge on any atom is 0.350 e. The highest BCUT2D eigenvalue weighted by Crippen LogP contribution is 2.10. The summed E-state index contributed by atoms with van der Waals surface area (Å²) in [6.07, 6.45) is 14.1. The van der Waals surface area contributed by atoms with Crippen LogP contribution < -0.4 is 0 Å². The number of guanidine groups is 1. The number of rotatable bonds is 17. The van der Waals surface area contributed by atoms with Crippen molar-refractivity contribution in [1.29, 1.82) is 0 Å². The maximum atomic E-state index is 2.75. The van der Waals surface area contributed by atoms with E-state index in [2.05, 4.69) is 55.9 Å². The molecule has 0 saturated carbocycles. The minimum Gasteiger partial charge on any atom is -0.265 e. The molecule has 0 saturated heterocycles. The van der Waals surface area contributed by atoms with Gasteiger partial charge < -0.3 is 0 Å². The van der Waals surface area contributed by atoms with Gasteiger partial charge in [-0.2, -0.15) is 0 Å². The zero-order valence-electron chi connectivity index (χ0n) is 19.9. The molecule has 3 heteroatoms. The Morgan fingerprint density at radius 2 is 0.852 bits per heavy atom. The summed E-state index contributed by atoms with van der Waals surface area (Å²) >= 11 is 0. The fourth-order valence-electron chi connectivity index (χ4n) is 3.55. The van der Waals surface area contributed by atoms with E-state index < -0.39 is 0 Å². The van der Waals surface area contributed by atoms with Gasteiger partial charge in [-0.1, -0.05) is 73.6 Å². The monoisotopic (exact) mass is 382 g/mol. The van der Waals surface area contributed by atoms with Gasteiger partial charge in [0.1, 0.15) is 0 Å². The van der Waals surface area contributed by atoms with Crippen molar-refractivity contribution in [2.24, 2.45) is 0 Å². The fraction of sp³-hybridized carbons (Fsp3) is 0.958. The molecule has 0 N–H and O–H groups in total. The predicted octanol–water partition coefficient (Wildman–Crippen LogP) is 6.37. The van der Waals surface area contributed by atoms with Crippen molar-refractivity contribution in [2.75, 3.05) is 39.3 Å². The lowest BCUT2D eigenvalue weighted by Gasteiger charge is -2.31. The standard InChI is InChI=1S/C24H52N3/c1-7-13-19-25(18-12-6)24(26(20-14-8-2)21-15-9-3)27(22-16-10-4)23-17-11-5/h7-23H2,1-6H3/q+1. The quantitative estimate of drug-likeness (QED) is 0.164. The molecule has 0 fully saturated rings. The summed E-state index contributed by atoms with van der Waals surface area (Å²) < 4.78 is 2.74. The molecule has 0 amide bonds. The molecule has 27 heavy (non-hydrogen) atoms. The van der Waals surface area contributed by atoms with Crippen molar-refractivity contribution in [1.82, 2.24) is 9.80 Å². The number of unbranched alkanes of at least 4 members (excludes halogenated alkanes) is 5. The topological polar surface area (TPSA) is 9.49 Å². The van der Waals surface area contributed by atoms with E-state index in [9.17, 15) is 0 Å². The van der Waals surface area contributed by atoms with Gasteiger partial charge in [-0.25, -0.2) is 0 Å². The van der Waals surface area contributed by atoms with Gasteiger partial charge in [0.05, 0.1) is 39.3 Å². The highest BCUT2D eigenvalue weighted by Gasteiger charge is 2.28. The lowest BCUT2D eigenvalue weighted by Crippen LogP contribution is -2.51. The van der Waals surface area contributed by atoms with Crippen molar-refractivity contribution in [2.45, 2.75) is 112 Å². The second-order valence-corrected chi connectivity index (χ2v) is 8.03. The van der Waals surface area contributed by atoms with Crippen LogP contribution in [0.4, 0.5) is 0 Å². The van der Waals surface area contributed by atoms with Crippen LogP contribution in [-0.4, -0.2) is 59.6 Å². The fourth-order valence-corrected chi connectivity index (χ4v) is 3.55. The van der Waals surface area contributed by atoms with Gasteiger partial charge in [-0.05, 0) is 38.5 Å². The second-order valence-electron chi connectivity index (χ2n) is 8.03. The molecule has 162 valence electrons. The van der Waals surface area contributed by atoms with Crippen molar-refractivity contribution >= 4 is 5.96 Å². The van der Waals surface area contributed by atoms with E-state index in [1.165, 1.54) is 110 Å². The van der Waals surface area contributed by atoms with Gasteiger partial charge in [-0.3, -0.25) is 14.4 Å². The molecule has 0 radical (unpaired) electrons. The summed E-state index contributed by atoms with van der Waals surface area (Å²) in [5, 5.41) is 0. The minimum atomic E-state index is 1.19. The molecule has 0 atom stereocenters. The van der Waals surface area contributed by atoms with Crippen molar-refractivity contribution < 1.29 is 4.58 Å². The summed E-state index contributed by atoms with van der Waals surface area (Å²) in [4.78, 5) is 5.51. The highest BCUT2D eigenvalue weighted by molar-refractivity contribution is 5.75. The Morgan fingerprint density at radius 1 is 0.481 bits per heavy atom. The van der Waals surface area contributed by atoms with Gasteiger partial charge in [0.2, 0.25) is 0 Å². The third kappa shape index (κ3) is 11.7. The molecule has 0 aliphatic heterocycles. The van der Waals surface area contributed by atoms with Gasteiger partial charge in [0.25, 0.3) is 0 Å². The van der Waals surface area contributed by atoms with Crippen molar-refractivity contribution in [3.05, 3.63) is 0 Å². The Hall–Kier alpha value is -0.730. The third-order valence-electron chi connectivity index (χ3n) is 5.25. The van der Waals surface area contributed by atoms with E-state index >= 15 is 0 Å². The van der Waals surface area contributed by atoms with E-state index in [-0.39, 0.29) is 0 Å². The average molecular weight is 383 g/mol. The predicted molar refractivity (Wildman–Crippen MR) is 123 cm³/mol. The minimum absolute atomic E-state index is 1.19. The molecule has 0 rings (SSSR count). The summed E-state index contributed by atoms with van der Waals surface area (Å²) in [5.74, 6) is 1.56. The Bertz CT molecular complexity index is 314. The number of hydrogen-bond donors (Lipinski definition) is 0. The molecule has 0 aromatic rings. The first-order valence-corrected chi connectivity index (χ1v) is 12.3. The molecule has 0 aromatic heterocycles. The summed E-state index contributed by atoms with van der Waals surface area (Å²) in [6, 6.07) is 0. The maximum absolute atomic E-state index is 2.75. The summed E-state index contributed by atoms with van der Waals surface area (Å²) in [5.41, 5.74) is 0. The molecule has 0 aliphatic rings. The smallest absolute Gasteiger partial charge is 0.265 e. The first kappa shape index (κ1) is 26.3. The van der Waals surface area contributed by atoms with Crippen LogP contribution in [0.15, 0.2) is 0 Å². The van der Waals surface area contributed by atoms with E-state index in [0.29, 0.717) is 0 Å². The number of nitrogens with zero attached hydrogens (tertiary/aromatic N) is 3. The van der Waals surface area contributed by atoms with Gasteiger partial charge >= 0.3 is 5.96 Å². The van der Waals surface area contributed by atoms with E-state index in [0.717, 1.165) is 0 Å². The molecule has 0 bridgehead atoms. The molecular weight excluding hydrogens is 330 g/mol. The van der Waals surface area contributed by atoms with Gasteiger partial charge in [0, 0.05) is 0 Å². The van der Waals surface area contributed by atoms with Crippen LogP contribution in [-0.2, 0) is 0 Å². The third-order valence-corrected chi connectivity index (χ3v) is 5.25. The molecular formula is C24H52N3+. The average Bonchev–Trinajstić information content (AvgIpc) is 2.68. The Balaban J connectivity index is 5.89. The molecule has 0 unspecified atom stereocenters. The van der Waals surface area contributed by atoms with Crippen LogP contribution in [0.25, 0.3) is 0 Å². The van der Waals surface area contributed by atoms with Crippen molar-refractivity contribution in [3.8, 4) is 0 Å². The Kier molecular flexibility index (Phi) is 18.1. The highest BCUT2D eigenvalue weighted by atomic mass is 15.4. The van der Waals surface area contributed by atoms with E-state index in [4.69, 9.17) is 0 Å². The first-order chi connectivity index (χ1) is 13.2. The zero-order valence-corrected chi connectivity index (χ0v) is 19.9.